The highest BCUT2D eigenvalue weighted by atomic mass is 32.1. The average Bonchev–Trinajstić information content (AvgIpc) is 3.06. The van der Waals surface area contributed by atoms with Crippen molar-refractivity contribution in [1.29, 1.82) is 0 Å². The van der Waals surface area contributed by atoms with E-state index in [1.54, 1.807) is 25.1 Å². The van der Waals surface area contributed by atoms with Gasteiger partial charge in [0.2, 0.25) is 0 Å². The maximum absolute atomic E-state index is 13.9. The van der Waals surface area contributed by atoms with Crippen molar-refractivity contribution in [1.82, 2.24) is 0 Å². The molecule has 1 heterocycles. The van der Waals surface area contributed by atoms with Crippen molar-refractivity contribution in [2.24, 2.45) is 0 Å². The summed E-state index contributed by atoms with van der Waals surface area (Å²) >= 11 is 1.42. The SMILES string of the molecule is CCOC(=O)c1c(-c2ccc(C)cc2)csc1NCc1ccccc1F. The first-order valence-electron chi connectivity index (χ1n) is 8.43. The van der Waals surface area contributed by atoms with Crippen molar-refractivity contribution in [3.8, 4) is 11.1 Å². The summed E-state index contributed by atoms with van der Waals surface area (Å²) in [6.07, 6.45) is 0. The lowest BCUT2D eigenvalue weighted by molar-refractivity contribution is 0.0529. The number of anilines is 1. The van der Waals surface area contributed by atoms with Gasteiger partial charge in [0.1, 0.15) is 16.4 Å². The van der Waals surface area contributed by atoms with Gasteiger partial charge in [0, 0.05) is 23.1 Å². The number of halogens is 1. The number of nitrogens with one attached hydrogen (secondary N) is 1. The quantitative estimate of drug-likeness (QED) is 0.571. The van der Waals surface area contributed by atoms with Gasteiger partial charge in [-0.3, -0.25) is 0 Å². The fourth-order valence-corrected chi connectivity index (χ4v) is 3.61. The van der Waals surface area contributed by atoms with Crippen LogP contribution in [0.4, 0.5) is 9.39 Å². The molecule has 0 amide bonds. The van der Waals surface area contributed by atoms with Gasteiger partial charge in [-0.05, 0) is 25.5 Å². The van der Waals surface area contributed by atoms with E-state index < -0.39 is 0 Å². The fraction of sp³-hybridized carbons (Fsp3) is 0.190. The molecule has 0 radical (unpaired) electrons. The lowest BCUT2D eigenvalue weighted by Crippen LogP contribution is -2.09. The Labute approximate surface area is 156 Å². The van der Waals surface area contributed by atoms with E-state index in [0.717, 1.165) is 16.7 Å². The second kappa shape index (κ2) is 8.15. The van der Waals surface area contributed by atoms with Gasteiger partial charge >= 0.3 is 5.97 Å². The summed E-state index contributed by atoms with van der Waals surface area (Å²) in [5.74, 6) is -0.645. The van der Waals surface area contributed by atoms with Gasteiger partial charge in [0.25, 0.3) is 0 Å². The normalized spacial score (nSPS) is 10.6. The standard InChI is InChI=1S/C21H20FNO2S/c1-3-25-21(24)19-17(15-10-8-14(2)9-11-15)13-26-20(19)23-12-16-6-4-5-7-18(16)22/h4-11,13,23H,3,12H2,1-2H3. The molecule has 2 aromatic carbocycles. The number of aryl methyl sites for hydroxylation is 1. The number of carbonyl (C=O) groups is 1. The van der Waals surface area contributed by atoms with Crippen LogP contribution in [-0.4, -0.2) is 12.6 Å². The number of carbonyl (C=O) groups excluding carboxylic acids is 1. The molecule has 0 aliphatic rings. The van der Waals surface area contributed by atoms with Crippen LogP contribution in [0.5, 0.6) is 0 Å². The zero-order valence-corrected chi connectivity index (χ0v) is 15.5. The first-order valence-corrected chi connectivity index (χ1v) is 9.31. The predicted molar refractivity (Wildman–Crippen MR) is 104 cm³/mol. The van der Waals surface area contributed by atoms with Crippen molar-refractivity contribution < 1.29 is 13.9 Å². The molecule has 0 saturated heterocycles. The lowest BCUT2D eigenvalue weighted by atomic mass is 10.0. The molecule has 0 aliphatic heterocycles. The zero-order chi connectivity index (χ0) is 18.5. The number of ether oxygens (including phenoxy) is 1. The Morgan fingerprint density at radius 1 is 1.15 bits per heavy atom. The van der Waals surface area contributed by atoms with E-state index in [2.05, 4.69) is 5.32 Å². The maximum atomic E-state index is 13.9. The van der Waals surface area contributed by atoms with Crippen LogP contribution in [-0.2, 0) is 11.3 Å². The van der Waals surface area contributed by atoms with Gasteiger partial charge in [-0.1, -0.05) is 48.0 Å². The second-order valence-electron chi connectivity index (χ2n) is 5.88. The van der Waals surface area contributed by atoms with E-state index in [1.165, 1.54) is 17.4 Å². The van der Waals surface area contributed by atoms with Crippen LogP contribution < -0.4 is 5.32 Å². The average molecular weight is 369 g/mol. The summed E-state index contributed by atoms with van der Waals surface area (Å²) < 4.78 is 19.1. The maximum Gasteiger partial charge on any atom is 0.341 e. The third-order valence-corrected chi connectivity index (χ3v) is 4.97. The number of hydrogen-bond donors (Lipinski definition) is 1. The number of rotatable bonds is 6. The third kappa shape index (κ3) is 3.94. The van der Waals surface area contributed by atoms with E-state index in [1.807, 2.05) is 36.6 Å². The molecule has 3 nitrogen and oxygen atoms in total. The number of hydrogen-bond acceptors (Lipinski definition) is 4. The van der Waals surface area contributed by atoms with E-state index in [0.29, 0.717) is 29.3 Å². The molecule has 0 saturated carbocycles. The van der Waals surface area contributed by atoms with Crippen molar-refractivity contribution in [3.63, 3.8) is 0 Å². The number of benzene rings is 2. The van der Waals surface area contributed by atoms with Crippen molar-refractivity contribution >= 4 is 22.3 Å². The Hall–Kier alpha value is -2.66. The van der Waals surface area contributed by atoms with Gasteiger partial charge in [-0.25, -0.2) is 9.18 Å². The predicted octanol–water partition coefficient (Wildman–Crippen LogP) is 5.65. The van der Waals surface area contributed by atoms with Crippen LogP contribution in [0.3, 0.4) is 0 Å². The first-order chi connectivity index (χ1) is 12.6. The molecular weight excluding hydrogens is 349 g/mol. The molecule has 134 valence electrons. The zero-order valence-electron chi connectivity index (χ0n) is 14.7. The molecule has 5 heteroatoms. The van der Waals surface area contributed by atoms with Gasteiger partial charge in [0.15, 0.2) is 0 Å². The Morgan fingerprint density at radius 3 is 2.58 bits per heavy atom. The van der Waals surface area contributed by atoms with Crippen LogP contribution in [0.1, 0.15) is 28.4 Å². The third-order valence-electron chi connectivity index (χ3n) is 4.03. The highest BCUT2D eigenvalue weighted by molar-refractivity contribution is 7.15. The van der Waals surface area contributed by atoms with Gasteiger partial charge in [-0.2, -0.15) is 0 Å². The summed E-state index contributed by atoms with van der Waals surface area (Å²) in [6, 6.07) is 14.6. The summed E-state index contributed by atoms with van der Waals surface area (Å²) in [5, 5.41) is 5.80. The molecule has 0 spiro atoms. The van der Waals surface area contributed by atoms with Crippen LogP contribution in [0, 0.1) is 12.7 Å². The molecule has 0 unspecified atom stereocenters. The smallest absolute Gasteiger partial charge is 0.341 e. The second-order valence-corrected chi connectivity index (χ2v) is 6.76. The Balaban J connectivity index is 1.93. The summed E-state index contributed by atoms with van der Waals surface area (Å²) in [5.41, 5.74) is 3.97. The monoisotopic (exact) mass is 369 g/mol. The van der Waals surface area contributed by atoms with E-state index in [-0.39, 0.29) is 11.8 Å². The molecule has 3 rings (SSSR count). The highest BCUT2D eigenvalue weighted by Crippen LogP contribution is 2.36. The molecule has 26 heavy (non-hydrogen) atoms. The van der Waals surface area contributed by atoms with Crippen molar-refractivity contribution in [3.05, 3.63) is 76.4 Å². The van der Waals surface area contributed by atoms with Crippen molar-refractivity contribution in [2.45, 2.75) is 20.4 Å². The molecule has 0 atom stereocenters. The van der Waals surface area contributed by atoms with Crippen LogP contribution in [0.15, 0.2) is 53.9 Å². The topological polar surface area (TPSA) is 38.3 Å². The van der Waals surface area contributed by atoms with Gasteiger partial charge < -0.3 is 10.1 Å². The van der Waals surface area contributed by atoms with Gasteiger partial charge in [-0.15, -0.1) is 11.3 Å². The summed E-state index contributed by atoms with van der Waals surface area (Å²) in [7, 11) is 0. The number of thiophene rings is 1. The molecule has 1 N–H and O–H groups in total. The molecular formula is C21H20FNO2S. The highest BCUT2D eigenvalue weighted by Gasteiger charge is 2.21. The van der Waals surface area contributed by atoms with Gasteiger partial charge in [0.05, 0.1) is 6.61 Å². The molecule has 3 aromatic rings. The first kappa shape index (κ1) is 18.1. The van der Waals surface area contributed by atoms with E-state index >= 15 is 0 Å². The summed E-state index contributed by atoms with van der Waals surface area (Å²) in [6.45, 7) is 4.40. The Morgan fingerprint density at radius 2 is 1.88 bits per heavy atom. The Bertz CT molecular complexity index is 903. The molecule has 0 fully saturated rings. The summed E-state index contributed by atoms with van der Waals surface area (Å²) in [4.78, 5) is 12.5. The molecule has 1 aromatic heterocycles. The van der Waals surface area contributed by atoms with Crippen LogP contribution in [0.25, 0.3) is 11.1 Å². The minimum Gasteiger partial charge on any atom is -0.462 e. The minimum absolute atomic E-state index is 0.270. The minimum atomic E-state index is -0.375. The lowest BCUT2D eigenvalue weighted by Gasteiger charge is -2.10. The Kier molecular flexibility index (Phi) is 5.68. The van der Waals surface area contributed by atoms with E-state index in [9.17, 15) is 9.18 Å². The fourth-order valence-electron chi connectivity index (χ4n) is 2.66. The molecule has 0 aliphatic carbocycles. The van der Waals surface area contributed by atoms with Crippen LogP contribution >= 0.6 is 11.3 Å². The van der Waals surface area contributed by atoms with E-state index in [4.69, 9.17) is 4.74 Å². The molecule has 0 bridgehead atoms. The number of esters is 1. The van der Waals surface area contributed by atoms with Crippen LogP contribution in [0.2, 0.25) is 0 Å². The largest absolute Gasteiger partial charge is 0.462 e. The van der Waals surface area contributed by atoms with Crippen molar-refractivity contribution in [2.75, 3.05) is 11.9 Å².